The summed E-state index contributed by atoms with van der Waals surface area (Å²) in [5.41, 5.74) is 3.06. The van der Waals surface area contributed by atoms with Crippen LogP contribution >= 0.6 is 11.6 Å². The molecule has 1 atom stereocenters. The van der Waals surface area contributed by atoms with E-state index in [2.05, 4.69) is 11.4 Å². The van der Waals surface area contributed by atoms with Crippen molar-refractivity contribution in [2.75, 3.05) is 7.11 Å². The summed E-state index contributed by atoms with van der Waals surface area (Å²) in [6.45, 7) is 4.05. The molecule has 2 aromatic rings. The highest BCUT2D eigenvalue weighted by atomic mass is 35.5. The van der Waals surface area contributed by atoms with E-state index in [9.17, 15) is 4.79 Å². The first-order valence-corrected chi connectivity index (χ1v) is 8.30. The zero-order valence-corrected chi connectivity index (χ0v) is 14.9. The number of rotatable bonds is 6. The molecule has 24 heavy (non-hydrogen) atoms. The van der Waals surface area contributed by atoms with Gasteiger partial charge in [0, 0.05) is 11.1 Å². The number of methoxy groups -OCH3 is 1. The highest BCUT2D eigenvalue weighted by Crippen LogP contribution is 2.24. The number of halogens is 1. The molecule has 2 aromatic carbocycles. The number of hydrogen-bond acceptors (Lipinski definition) is 2. The minimum Gasteiger partial charge on any atom is -0.496 e. The van der Waals surface area contributed by atoms with Crippen molar-refractivity contribution in [3.05, 3.63) is 70.3 Å². The molecule has 1 unspecified atom stereocenters. The van der Waals surface area contributed by atoms with Crippen molar-refractivity contribution in [2.24, 2.45) is 0 Å². The Morgan fingerprint density at radius 2 is 1.96 bits per heavy atom. The summed E-state index contributed by atoms with van der Waals surface area (Å²) in [6, 6.07) is 13.3. The molecule has 0 bridgehead atoms. The van der Waals surface area contributed by atoms with Crippen LogP contribution in [0.25, 0.3) is 6.08 Å². The number of nitrogens with one attached hydrogen (secondary N) is 1. The van der Waals surface area contributed by atoms with Crippen LogP contribution < -0.4 is 10.1 Å². The molecule has 3 nitrogen and oxygen atoms in total. The molecule has 0 heterocycles. The number of benzene rings is 2. The van der Waals surface area contributed by atoms with Crippen molar-refractivity contribution in [1.29, 1.82) is 0 Å². The Morgan fingerprint density at radius 3 is 2.54 bits per heavy atom. The zero-order chi connectivity index (χ0) is 17.5. The third-order valence-corrected chi connectivity index (χ3v) is 4.10. The second-order valence-corrected chi connectivity index (χ2v) is 6.02. The van der Waals surface area contributed by atoms with Crippen LogP contribution in [0.3, 0.4) is 0 Å². The summed E-state index contributed by atoms with van der Waals surface area (Å²) in [6.07, 6.45) is 4.13. The van der Waals surface area contributed by atoms with Gasteiger partial charge in [0.15, 0.2) is 0 Å². The molecular weight excluding hydrogens is 322 g/mol. The fraction of sp³-hybridized carbons (Fsp3) is 0.250. The lowest BCUT2D eigenvalue weighted by molar-refractivity contribution is -0.117. The second-order valence-electron chi connectivity index (χ2n) is 5.58. The molecule has 0 saturated carbocycles. The molecule has 0 aliphatic carbocycles. The van der Waals surface area contributed by atoms with E-state index in [0.717, 1.165) is 28.9 Å². The van der Waals surface area contributed by atoms with E-state index in [1.165, 1.54) is 0 Å². The van der Waals surface area contributed by atoms with Gasteiger partial charge in [0.2, 0.25) is 5.91 Å². The van der Waals surface area contributed by atoms with E-state index in [-0.39, 0.29) is 11.9 Å². The van der Waals surface area contributed by atoms with E-state index in [0.29, 0.717) is 5.02 Å². The lowest BCUT2D eigenvalue weighted by Crippen LogP contribution is -2.26. The number of carbonyl (C=O) groups is 1. The predicted molar refractivity (Wildman–Crippen MR) is 99.4 cm³/mol. The Bertz CT molecular complexity index is 723. The first-order valence-electron chi connectivity index (χ1n) is 7.92. The van der Waals surface area contributed by atoms with Crippen LogP contribution in [0.2, 0.25) is 5.02 Å². The first-order chi connectivity index (χ1) is 11.5. The smallest absolute Gasteiger partial charge is 0.244 e. The van der Waals surface area contributed by atoms with Gasteiger partial charge in [0.05, 0.1) is 13.2 Å². The van der Waals surface area contributed by atoms with E-state index >= 15 is 0 Å². The van der Waals surface area contributed by atoms with Crippen LogP contribution in [0.5, 0.6) is 5.75 Å². The molecule has 1 N–H and O–H groups in total. The Hall–Kier alpha value is -2.26. The van der Waals surface area contributed by atoms with Crippen molar-refractivity contribution in [1.82, 2.24) is 5.32 Å². The quantitative estimate of drug-likeness (QED) is 0.754. The zero-order valence-electron chi connectivity index (χ0n) is 14.2. The van der Waals surface area contributed by atoms with Gasteiger partial charge in [-0.25, -0.2) is 0 Å². The summed E-state index contributed by atoms with van der Waals surface area (Å²) in [5.74, 6) is 0.729. The molecule has 0 aliphatic rings. The van der Waals surface area contributed by atoms with Gasteiger partial charge < -0.3 is 10.1 Å². The van der Waals surface area contributed by atoms with Crippen molar-refractivity contribution in [3.63, 3.8) is 0 Å². The number of ether oxygens (including phenoxy) is 1. The van der Waals surface area contributed by atoms with Crippen LogP contribution in [0.15, 0.2) is 48.5 Å². The number of amides is 1. The van der Waals surface area contributed by atoms with E-state index in [1.807, 2.05) is 38.1 Å². The molecule has 0 aromatic heterocycles. The average molecular weight is 344 g/mol. The Balaban J connectivity index is 2.05. The number of aryl methyl sites for hydroxylation is 1. The van der Waals surface area contributed by atoms with Crippen LogP contribution in [-0.2, 0) is 4.79 Å². The predicted octanol–water partition coefficient (Wildman–Crippen LogP) is 4.94. The first kappa shape index (κ1) is 18.1. The van der Waals surface area contributed by atoms with Gasteiger partial charge in [-0.15, -0.1) is 0 Å². The van der Waals surface area contributed by atoms with E-state index < -0.39 is 0 Å². The van der Waals surface area contributed by atoms with Crippen molar-refractivity contribution in [2.45, 2.75) is 26.3 Å². The maximum Gasteiger partial charge on any atom is 0.244 e. The molecular formula is C20H22ClNO2. The Labute approximate surface area is 148 Å². The fourth-order valence-electron chi connectivity index (χ4n) is 2.51. The van der Waals surface area contributed by atoms with E-state index in [4.69, 9.17) is 16.3 Å². The minimum absolute atomic E-state index is 0.0306. The molecule has 126 valence electrons. The lowest BCUT2D eigenvalue weighted by Gasteiger charge is -2.18. The summed E-state index contributed by atoms with van der Waals surface area (Å²) in [7, 11) is 1.66. The van der Waals surface area contributed by atoms with E-state index in [1.54, 1.807) is 31.4 Å². The molecule has 0 aliphatic heterocycles. The lowest BCUT2D eigenvalue weighted by atomic mass is 10.0. The van der Waals surface area contributed by atoms with Crippen LogP contribution in [-0.4, -0.2) is 13.0 Å². The summed E-state index contributed by atoms with van der Waals surface area (Å²) in [4.78, 5) is 12.2. The van der Waals surface area contributed by atoms with Crippen molar-refractivity contribution < 1.29 is 9.53 Å². The molecule has 4 heteroatoms. The fourth-order valence-corrected chi connectivity index (χ4v) is 2.63. The van der Waals surface area contributed by atoms with Gasteiger partial charge in [0.25, 0.3) is 0 Å². The number of hydrogen-bond donors (Lipinski definition) is 1. The van der Waals surface area contributed by atoms with Gasteiger partial charge >= 0.3 is 0 Å². The van der Waals surface area contributed by atoms with Crippen LogP contribution in [0.1, 0.15) is 36.1 Å². The Kier molecular flexibility index (Phi) is 6.44. The highest BCUT2D eigenvalue weighted by molar-refractivity contribution is 6.30. The third-order valence-electron chi connectivity index (χ3n) is 3.84. The van der Waals surface area contributed by atoms with Gasteiger partial charge in [-0.2, -0.15) is 0 Å². The SMILES string of the molecule is CCC(NC(=O)/C=C/c1ccc(Cl)cc1)c1ccc(OC)c(C)c1. The van der Waals surface area contributed by atoms with Crippen LogP contribution in [0, 0.1) is 6.92 Å². The Morgan fingerprint density at radius 1 is 1.25 bits per heavy atom. The van der Waals surface area contributed by atoms with Gasteiger partial charge in [0.1, 0.15) is 5.75 Å². The second kappa shape index (κ2) is 8.55. The largest absolute Gasteiger partial charge is 0.496 e. The number of carbonyl (C=O) groups excluding carboxylic acids is 1. The molecule has 0 saturated heterocycles. The molecule has 0 radical (unpaired) electrons. The summed E-state index contributed by atoms with van der Waals surface area (Å²) >= 11 is 5.85. The van der Waals surface area contributed by atoms with Crippen molar-refractivity contribution >= 4 is 23.6 Å². The topological polar surface area (TPSA) is 38.3 Å². The molecule has 0 fully saturated rings. The van der Waals surface area contributed by atoms with Gasteiger partial charge in [-0.1, -0.05) is 42.8 Å². The maximum atomic E-state index is 12.2. The minimum atomic E-state index is -0.120. The third kappa shape index (κ3) is 4.87. The monoisotopic (exact) mass is 343 g/mol. The average Bonchev–Trinajstić information content (AvgIpc) is 2.59. The molecule has 0 spiro atoms. The van der Waals surface area contributed by atoms with Crippen molar-refractivity contribution in [3.8, 4) is 5.75 Å². The summed E-state index contributed by atoms with van der Waals surface area (Å²) < 4.78 is 5.28. The maximum absolute atomic E-state index is 12.2. The molecule has 1 amide bonds. The molecule has 2 rings (SSSR count). The van der Waals surface area contributed by atoms with Gasteiger partial charge in [-0.3, -0.25) is 4.79 Å². The van der Waals surface area contributed by atoms with Crippen LogP contribution in [0.4, 0.5) is 0 Å². The normalized spacial score (nSPS) is 12.2. The highest BCUT2D eigenvalue weighted by Gasteiger charge is 2.12. The standard InChI is InChI=1S/C20H22ClNO2/c1-4-18(16-8-11-19(24-3)14(2)13-16)22-20(23)12-7-15-5-9-17(21)10-6-15/h5-13,18H,4H2,1-3H3,(H,22,23)/b12-7+. The summed E-state index contributed by atoms with van der Waals surface area (Å²) in [5, 5.41) is 3.71. The van der Waals surface area contributed by atoms with Gasteiger partial charge in [-0.05, 0) is 54.3 Å².